The molecule has 1 heterocycles. The molecule has 0 radical (unpaired) electrons. The Labute approximate surface area is 135 Å². The highest BCUT2D eigenvalue weighted by Gasteiger charge is 2.34. The molecule has 1 amide bonds. The summed E-state index contributed by atoms with van der Waals surface area (Å²) in [6.45, 7) is 2.89. The molecule has 1 N–H and O–H groups in total. The van der Waals surface area contributed by atoms with Gasteiger partial charge in [-0.25, -0.2) is 4.79 Å². The molecule has 1 fully saturated rings. The van der Waals surface area contributed by atoms with Gasteiger partial charge in [0.15, 0.2) is 23.7 Å². The Balaban J connectivity index is 1.89. The molecule has 0 spiro atoms. The maximum absolute atomic E-state index is 11.4. The van der Waals surface area contributed by atoms with Gasteiger partial charge < -0.3 is 19.5 Å². The van der Waals surface area contributed by atoms with Crippen molar-refractivity contribution in [2.45, 2.75) is 19.1 Å². The molecule has 2 aromatic rings. The summed E-state index contributed by atoms with van der Waals surface area (Å²) in [6.07, 6.45) is -1.21. The summed E-state index contributed by atoms with van der Waals surface area (Å²) in [4.78, 5) is 11.4. The first-order valence-electron chi connectivity index (χ1n) is 7.66. The fourth-order valence-corrected chi connectivity index (χ4v) is 2.53. The van der Waals surface area contributed by atoms with E-state index in [1.54, 1.807) is 0 Å². The molecule has 0 aromatic heterocycles. The van der Waals surface area contributed by atoms with E-state index in [9.17, 15) is 4.79 Å². The Kier molecular flexibility index (Phi) is 4.66. The third-order valence-corrected chi connectivity index (χ3v) is 3.57. The molecule has 3 rings (SSSR count). The fourth-order valence-electron chi connectivity index (χ4n) is 2.53. The third-order valence-electron chi connectivity index (χ3n) is 3.57. The van der Waals surface area contributed by atoms with E-state index >= 15 is 0 Å². The molecule has 0 unspecified atom stereocenters. The number of amides is 1. The van der Waals surface area contributed by atoms with E-state index < -0.39 is 12.2 Å². The van der Waals surface area contributed by atoms with Gasteiger partial charge in [-0.15, -0.1) is 0 Å². The lowest BCUT2D eigenvalue weighted by molar-refractivity contribution is 0.0456. The lowest BCUT2D eigenvalue weighted by atomic mass is 10.0. The summed E-state index contributed by atoms with van der Waals surface area (Å²) in [5.41, 5.74) is 0.945. The number of rotatable bonds is 6. The molecule has 23 heavy (non-hydrogen) atoms. The van der Waals surface area contributed by atoms with Gasteiger partial charge in [-0.05, 0) is 24.6 Å². The Morgan fingerprint density at radius 1 is 1.13 bits per heavy atom. The molecule has 5 nitrogen and oxygen atoms in total. The quantitative estimate of drug-likeness (QED) is 0.889. The van der Waals surface area contributed by atoms with Crippen LogP contribution in [0.25, 0.3) is 0 Å². The van der Waals surface area contributed by atoms with E-state index in [2.05, 4.69) is 5.32 Å². The highest BCUT2D eigenvalue weighted by molar-refractivity contribution is 5.69. The van der Waals surface area contributed by atoms with Crippen molar-refractivity contribution < 1.29 is 19.0 Å². The summed E-state index contributed by atoms with van der Waals surface area (Å²) in [7, 11) is 0. The summed E-state index contributed by atoms with van der Waals surface area (Å²) in [6, 6.07) is 17.2. The number of carbonyl (C=O) groups is 1. The number of ether oxygens (including phenoxy) is 3. The first kappa shape index (κ1) is 15.2. The molecular formula is C18H19NO4. The Morgan fingerprint density at radius 2 is 1.83 bits per heavy atom. The standard InChI is InChI=1S/C18H19NO4/c1-2-21-14-10-6-7-11-15(14)22-17(13-8-4-3-5-9-13)16-12-19-18(20)23-16/h3-11,16-17H,2,12H2,1H3,(H,19,20)/t16-,17-/m0/s1. The van der Waals surface area contributed by atoms with Crippen molar-refractivity contribution in [3.05, 3.63) is 60.2 Å². The maximum atomic E-state index is 11.4. The molecule has 0 bridgehead atoms. The van der Waals surface area contributed by atoms with Crippen LogP contribution in [0, 0.1) is 0 Å². The summed E-state index contributed by atoms with van der Waals surface area (Å²) >= 11 is 0. The lowest BCUT2D eigenvalue weighted by Crippen LogP contribution is -2.27. The predicted molar refractivity (Wildman–Crippen MR) is 85.7 cm³/mol. The van der Waals surface area contributed by atoms with Gasteiger partial charge >= 0.3 is 6.09 Å². The first-order valence-corrected chi connectivity index (χ1v) is 7.66. The van der Waals surface area contributed by atoms with E-state index in [1.807, 2.05) is 61.5 Å². The molecule has 120 valence electrons. The van der Waals surface area contributed by atoms with Gasteiger partial charge in [-0.3, -0.25) is 0 Å². The minimum absolute atomic E-state index is 0.389. The van der Waals surface area contributed by atoms with Crippen LogP contribution < -0.4 is 14.8 Å². The summed E-state index contributed by atoms with van der Waals surface area (Å²) in [5, 5.41) is 2.67. The number of nitrogens with one attached hydrogen (secondary N) is 1. The van der Waals surface area contributed by atoms with E-state index in [0.29, 0.717) is 24.7 Å². The fraction of sp³-hybridized carbons (Fsp3) is 0.278. The third kappa shape index (κ3) is 3.56. The van der Waals surface area contributed by atoms with E-state index in [0.717, 1.165) is 5.56 Å². The van der Waals surface area contributed by atoms with Crippen LogP contribution in [-0.4, -0.2) is 25.3 Å². The molecule has 1 aliphatic heterocycles. The van der Waals surface area contributed by atoms with E-state index in [4.69, 9.17) is 14.2 Å². The van der Waals surface area contributed by atoms with Gasteiger partial charge in [0.25, 0.3) is 0 Å². The lowest BCUT2D eigenvalue weighted by Gasteiger charge is -2.24. The highest BCUT2D eigenvalue weighted by atomic mass is 16.6. The van der Waals surface area contributed by atoms with E-state index in [-0.39, 0.29) is 6.10 Å². The minimum atomic E-state index is -0.419. The molecular weight excluding hydrogens is 294 g/mol. The second kappa shape index (κ2) is 7.05. The van der Waals surface area contributed by atoms with Crippen LogP contribution in [0.3, 0.4) is 0 Å². The normalized spacial score (nSPS) is 18.0. The zero-order chi connectivity index (χ0) is 16.1. The maximum Gasteiger partial charge on any atom is 0.407 e. The van der Waals surface area contributed by atoms with Crippen LogP contribution in [0.5, 0.6) is 11.5 Å². The van der Waals surface area contributed by atoms with Gasteiger partial charge in [0.05, 0.1) is 13.2 Å². The summed E-state index contributed by atoms with van der Waals surface area (Å²) in [5.74, 6) is 1.30. The molecule has 1 saturated heterocycles. The van der Waals surface area contributed by atoms with Crippen molar-refractivity contribution >= 4 is 6.09 Å². The van der Waals surface area contributed by atoms with Crippen LogP contribution in [-0.2, 0) is 4.74 Å². The average molecular weight is 313 g/mol. The number of hydrogen-bond acceptors (Lipinski definition) is 4. The number of alkyl carbamates (subject to hydrolysis) is 1. The van der Waals surface area contributed by atoms with Gasteiger partial charge in [0.2, 0.25) is 0 Å². The van der Waals surface area contributed by atoms with Crippen molar-refractivity contribution in [1.82, 2.24) is 5.32 Å². The van der Waals surface area contributed by atoms with Gasteiger partial charge in [-0.1, -0.05) is 42.5 Å². The van der Waals surface area contributed by atoms with Crippen molar-refractivity contribution in [2.24, 2.45) is 0 Å². The van der Waals surface area contributed by atoms with Crippen LogP contribution in [0.4, 0.5) is 4.79 Å². The number of benzene rings is 2. The van der Waals surface area contributed by atoms with Gasteiger partial charge in [0.1, 0.15) is 0 Å². The second-order valence-electron chi connectivity index (χ2n) is 5.15. The average Bonchev–Trinajstić information content (AvgIpc) is 3.01. The largest absolute Gasteiger partial charge is 0.490 e. The van der Waals surface area contributed by atoms with Gasteiger partial charge in [-0.2, -0.15) is 0 Å². The molecule has 2 aromatic carbocycles. The Bertz CT molecular complexity index is 659. The van der Waals surface area contributed by atoms with Crippen molar-refractivity contribution in [3.63, 3.8) is 0 Å². The zero-order valence-electron chi connectivity index (χ0n) is 12.9. The van der Waals surface area contributed by atoms with Crippen molar-refractivity contribution in [3.8, 4) is 11.5 Å². The first-order chi connectivity index (χ1) is 11.3. The molecule has 0 aliphatic carbocycles. The topological polar surface area (TPSA) is 56.8 Å². The van der Waals surface area contributed by atoms with Crippen molar-refractivity contribution in [2.75, 3.05) is 13.2 Å². The molecule has 5 heteroatoms. The smallest absolute Gasteiger partial charge is 0.407 e. The van der Waals surface area contributed by atoms with Crippen LogP contribution in [0.15, 0.2) is 54.6 Å². The predicted octanol–water partition coefficient (Wildman–Crippen LogP) is 3.31. The molecule has 2 atom stereocenters. The molecule has 0 saturated carbocycles. The highest BCUT2D eigenvalue weighted by Crippen LogP contribution is 2.33. The van der Waals surface area contributed by atoms with Crippen LogP contribution in [0.1, 0.15) is 18.6 Å². The van der Waals surface area contributed by atoms with Crippen molar-refractivity contribution in [1.29, 1.82) is 0 Å². The van der Waals surface area contributed by atoms with Crippen LogP contribution in [0.2, 0.25) is 0 Å². The Hall–Kier alpha value is -2.69. The van der Waals surface area contributed by atoms with Gasteiger partial charge in [0, 0.05) is 0 Å². The zero-order valence-corrected chi connectivity index (χ0v) is 12.9. The number of para-hydroxylation sites is 2. The number of carbonyl (C=O) groups excluding carboxylic acids is 1. The monoisotopic (exact) mass is 313 g/mol. The number of cyclic esters (lactones) is 1. The second-order valence-corrected chi connectivity index (χ2v) is 5.15. The SMILES string of the molecule is CCOc1ccccc1O[C@@H](c1ccccc1)[C@@H]1CNC(=O)O1. The minimum Gasteiger partial charge on any atom is -0.490 e. The van der Waals surface area contributed by atoms with E-state index in [1.165, 1.54) is 0 Å². The summed E-state index contributed by atoms with van der Waals surface area (Å²) < 4.78 is 17.1. The molecule has 1 aliphatic rings. The van der Waals surface area contributed by atoms with Crippen LogP contribution >= 0.6 is 0 Å². The number of hydrogen-bond donors (Lipinski definition) is 1. The Morgan fingerprint density at radius 3 is 2.48 bits per heavy atom.